The summed E-state index contributed by atoms with van der Waals surface area (Å²) in [7, 11) is -3.81. The molecule has 3 rings (SSSR count). The van der Waals surface area contributed by atoms with E-state index in [4.69, 9.17) is 0 Å². The van der Waals surface area contributed by atoms with Crippen LogP contribution >= 0.6 is 0 Å². The number of carbonyl (C=O) groups is 1. The number of halogens is 2. The summed E-state index contributed by atoms with van der Waals surface area (Å²) in [6, 6.07) is 12.1. The van der Waals surface area contributed by atoms with Gasteiger partial charge >= 0.3 is 6.55 Å². The van der Waals surface area contributed by atoms with Crippen molar-refractivity contribution in [3.63, 3.8) is 0 Å². The van der Waals surface area contributed by atoms with Crippen LogP contribution in [0.25, 0.3) is 0 Å². The Labute approximate surface area is 160 Å². The van der Waals surface area contributed by atoms with Crippen LogP contribution in [0.15, 0.2) is 65.8 Å². The fraction of sp³-hybridized carbons (Fsp3) is 0.111. The minimum absolute atomic E-state index is 0.0184. The second-order valence-electron chi connectivity index (χ2n) is 5.94. The van der Waals surface area contributed by atoms with Crippen molar-refractivity contribution in [2.24, 2.45) is 0 Å². The third-order valence-electron chi connectivity index (χ3n) is 3.79. The maximum absolute atomic E-state index is 12.5. The molecule has 0 atom stereocenters. The highest BCUT2D eigenvalue weighted by molar-refractivity contribution is 7.92. The molecule has 0 unspecified atom stereocenters. The van der Waals surface area contributed by atoms with Gasteiger partial charge in [-0.05, 0) is 43.3 Å². The Kier molecular flexibility index (Phi) is 5.41. The SMILES string of the molecule is Cc1ccc(NS(=O)(=O)c2ccc(C(=O)Nc3cnn(C(F)F)c3)cc2)cc1. The Hall–Kier alpha value is -3.27. The predicted octanol–water partition coefficient (Wildman–Crippen LogP) is 3.64. The Bertz CT molecular complexity index is 1080. The van der Waals surface area contributed by atoms with E-state index >= 15 is 0 Å². The molecule has 0 aliphatic carbocycles. The summed E-state index contributed by atoms with van der Waals surface area (Å²) >= 11 is 0. The van der Waals surface area contributed by atoms with Gasteiger partial charge in [-0.1, -0.05) is 17.7 Å². The van der Waals surface area contributed by atoms with Gasteiger partial charge < -0.3 is 5.32 Å². The number of nitrogens with zero attached hydrogens (tertiary/aromatic N) is 2. The normalized spacial score (nSPS) is 11.4. The topological polar surface area (TPSA) is 93.1 Å². The van der Waals surface area contributed by atoms with Crippen molar-refractivity contribution in [3.05, 3.63) is 72.1 Å². The molecule has 1 amide bonds. The van der Waals surface area contributed by atoms with Crippen molar-refractivity contribution in [2.45, 2.75) is 18.4 Å². The molecule has 7 nitrogen and oxygen atoms in total. The zero-order chi connectivity index (χ0) is 20.3. The first-order valence-corrected chi connectivity index (χ1v) is 9.56. The number of amides is 1. The predicted molar refractivity (Wildman–Crippen MR) is 99.9 cm³/mol. The quantitative estimate of drug-likeness (QED) is 0.654. The molecule has 0 aliphatic heterocycles. The van der Waals surface area contributed by atoms with E-state index in [1.54, 1.807) is 24.3 Å². The summed E-state index contributed by atoms with van der Waals surface area (Å²) in [6.07, 6.45) is 2.08. The van der Waals surface area contributed by atoms with Crippen LogP contribution in [0.3, 0.4) is 0 Å². The number of nitrogens with one attached hydrogen (secondary N) is 2. The number of sulfonamides is 1. The Morgan fingerprint density at radius 2 is 1.68 bits per heavy atom. The van der Waals surface area contributed by atoms with Crippen molar-refractivity contribution < 1.29 is 22.0 Å². The van der Waals surface area contributed by atoms with Crippen LogP contribution in [0.2, 0.25) is 0 Å². The van der Waals surface area contributed by atoms with E-state index in [0.717, 1.165) is 18.0 Å². The Balaban J connectivity index is 1.71. The lowest BCUT2D eigenvalue weighted by molar-refractivity contribution is 0.0566. The van der Waals surface area contributed by atoms with Gasteiger partial charge in [-0.3, -0.25) is 9.52 Å². The molecule has 0 aliphatic rings. The number of benzene rings is 2. The number of anilines is 2. The first-order valence-electron chi connectivity index (χ1n) is 8.08. The molecule has 1 aromatic heterocycles. The average Bonchev–Trinajstić information content (AvgIpc) is 3.12. The summed E-state index contributed by atoms with van der Waals surface area (Å²) < 4.78 is 52.7. The van der Waals surface area contributed by atoms with Crippen molar-refractivity contribution in [1.82, 2.24) is 9.78 Å². The lowest BCUT2D eigenvalue weighted by Crippen LogP contribution is -2.14. The van der Waals surface area contributed by atoms with E-state index in [0.29, 0.717) is 10.4 Å². The van der Waals surface area contributed by atoms with Crippen molar-refractivity contribution >= 4 is 27.3 Å². The van der Waals surface area contributed by atoms with Crippen LogP contribution in [0.1, 0.15) is 22.5 Å². The number of aryl methyl sites for hydroxylation is 1. The lowest BCUT2D eigenvalue weighted by atomic mass is 10.2. The van der Waals surface area contributed by atoms with Gasteiger partial charge in [0.05, 0.1) is 23.0 Å². The summed E-state index contributed by atoms with van der Waals surface area (Å²) in [4.78, 5) is 12.2. The maximum atomic E-state index is 12.5. The zero-order valence-corrected chi connectivity index (χ0v) is 15.5. The van der Waals surface area contributed by atoms with Crippen molar-refractivity contribution in [1.29, 1.82) is 0 Å². The molecule has 0 radical (unpaired) electrons. The van der Waals surface area contributed by atoms with Gasteiger partial charge in [0.1, 0.15) is 0 Å². The third-order valence-corrected chi connectivity index (χ3v) is 5.19. The number of hydrogen-bond donors (Lipinski definition) is 2. The molecular weight excluding hydrogens is 390 g/mol. The largest absolute Gasteiger partial charge is 0.333 e. The van der Waals surface area contributed by atoms with Crippen LogP contribution in [0, 0.1) is 6.92 Å². The van der Waals surface area contributed by atoms with Gasteiger partial charge in [-0.2, -0.15) is 13.9 Å². The van der Waals surface area contributed by atoms with Gasteiger partial charge in [0, 0.05) is 11.3 Å². The summed E-state index contributed by atoms with van der Waals surface area (Å²) in [5, 5.41) is 5.83. The van der Waals surface area contributed by atoms with Crippen molar-refractivity contribution in [3.8, 4) is 0 Å². The minimum atomic E-state index is -3.81. The van der Waals surface area contributed by atoms with E-state index in [1.807, 2.05) is 6.92 Å². The molecule has 0 fully saturated rings. The van der Waals surface area contributed by atoms with E-state index in [1.165, 1.54) is 24.3 Å². The number of hydrogen-bond acceptors (Lipinski definition) is 4. The van der Waals surface area contributed by atoms with Crippen molar-refractivity contribution in [2.75, 3.05) is 10.0 Å². The molecule has 0 spiro atoms. The summed E-state index contributed by atoms with van der Waals surface area (Å²) in [5.41, 5.74) is 1.68. The third kappa shape index (κ3) is 4.52. The van der Waals surface area contributed by atoms with Crippen LogP contribution in [0.4, 0.5) is 20.2 Å². The monoisotopic (exact) mass is 406 g/mol. The Morgan fingerprint density at radius 3 is 2.25 bits per heavy atom. The van der Waals surface area contributed by atoms with E-state index < -0.39 is 22.5 Å². The van der Waals surface area contributed by atoms with Gasteiger partial charge in [0.25, 0.3) is 15.9 Å². The zero-order valence-electron chi connectivity index (χ0n) is 14.6. The highest BCUT2D eigenvalue weighted by atomic mass is 32.2. The number of carbonyl (C=O) groups excluding carboxylic acids is 1. The maximum Gasteiger partial charge on any atom is 0.333 e. The van der Waals surface area contributed by atoms with Gasteiger partial charge in [0.15, 0.2) is 0 Å². The average molecular weight is 406 g/mol. The first-order chi connectivity index (χ1) is 13.2. The van der Waals surface area contributed by atoms with Gasteiger partial charge in [-0.25, -0.2) is 13.1 Å². The van der Waals surface area contributed by atoms with E-state index in [2.05, 4.69) is 15.1 Å². The molecule has 0 saturated heterocycles. The second kappa shape index (κ2) is 7.77. The summed E-state index contributed by atoms with van der Waals surface area (Å²) in [6.45, 7) is -0.920. The van der Waals surface area contributed by atoms with E-state index in [-0.39, 0.29) is 16.1 Å². The highest BCUT2D eigenvalue weighted by Crippen LogP contribution is 2.18. The first kappa shape index (κ1) is 19.5. The molecule has 2 aromatic carbocycles. The van der Waals surface area contributed by atoms with Gasteiger partial charge in [-0.15, -0.1) is 0 Å². The molecule has 10 heteroatoms. The molecule has 1 heterocycles. The van der Waals surface area contributed by atoms with Crippen LogP contribution in [0.5, 0.6) is 0 Å². The van der Waals surface area contributed by atoms with Crippen LogP contribution in [-0.4, -0.2) is 24.1 Å². The molecule has 3 aromatic rings. The highest BCUT2D eigenvalue weighted by Gasteiger charge is 2.16. The summed E-state index contributed by atoms with van der Waals surface area (Å²) in [5.74, 6) is -0.579. The minimum Gasteiger partial charge on any atom is -0.319 e. The van der Waals surface area contributed by atoms with Crippen LogP contribution < -0.4 is 10.0 Å². The molecule has 0 bridgehead atoms. The standard InChI is InChI=1S/C18H16F2N4O3S/c1-12-2-6-14(7-3-12)23-28(26,27)16-8-4-13(5-9-16)17(25)22-15-10-21-24(11-15)18(19)20/h2-11,18,23H,1H3,(H,22,25). The smallest absolute Gasteiger partial charge is 0.319 e. The number of alkyl halides is 2. The fourth-order valence-electron chi connectivity index (χ4n) is 2.33. The number of rotatable bonds is 6. The Morgan fingerprint density at radius 1 is 1.04 bits per heavy atom. The molecular formula is C18H16F2N4O3S. The lowest BCUT2D eigenvalue weighted by Gasteiger charge is -2.09. The van der Waals surface area contributed by atoms with E-state index in [9.17, 15) is 22.0 Å². The number of aromatic nitrogens is 2. The molecule has 146 valence electrons. The molecule has 2 N–H and O–H groups in total. The molecule has 28 heavy (non-hydrogen) atoms. The second-order valence-corrected chi connectivity index (χ2v) is 7.62. The molecule has 0 saturated carbocycles. The van der Waals surface area contributed by atoms with Gasteiger partial charge in [0.2, 0.25) is 0 Å². The van der Waals surface area contributed by atoms with Crippen LogP contribution in [-0.2, 0) is 10.0 Å². The fourth-order valence-corrected chi connectivity index (χ4v) is 3.39.